The third-order valence-electron chi connectivity index (χ3n) is 4.56. The lowest BCUT2D eigenvalue weighted by Crippen LogP contribution is -2.03. The summed E-state index contributed by atoms with van der Waals surface area (Å²) < 4.78 is 10.9. The van der Waals surface area contributed by atoms with E-state index >= 15 is 0 Å². The molecule has 1 aromatic heterocycles. The predicted octanol–water partition coefficient (Wildman–Crippen LogP) is 4.95. The van der Waals surface area contributed by atoms with Crippen molar-refractivity contribution in [3.63, 3.8) is 0 Å². The van der Waals surface area contributed by atoms with Gasteiger partial charge in [0, 0.05) is 23.1 Å². The quantitative estimate of drug-likeness (QED) is 0.489. The highest BCUT2D eigenvalue weighted by Crippen LogP contribution is 2.29. The number of benzene rings is 2. The van der Waals surface area contributed by atoms with E-state index in [-0.39, 0.29) is 11.8 Å². The van der Waals surface area contributed by atoms with Gasteiger partial charge in [-0.15, -0.1) is 0 Å². The van der Waals surface area contributed by atoms with E-state index in [0.29, 0.717) is 30.1 Å². The first-order valence-electron chi connectivity index (χ1n) is 8.86. The number of hydrogen-bond acceptors (Lipinski definition) is 4. The molecule has 0 unspecified atom stereocenters. The second-order valence-corrected chi connectivity index (χ2v) is 6.33. The monoisotopic (exact) mass is 358 g/mol. The summed E-state index contributed by atoms with van der Waals surface area (Å²) in [5.74, 6) is 1.03. The van der Waals surface area contributed by atoms with Gasteiger partial charge in [-0.1, -0.05) is 36.4 Å². The summed E-state index contributed by atoms with van der Waals surface area (Å²) >= 11 is 0. The van der Waals surface area contributed by atoms with Gasteiger partial charge in [-0.05, 0) is 42.8 Å². The van der Waals surface area contributed by atoms with Gasteiger partial charge in [0.2, 0.25) is 0 Å². The standard InChI is InChI=1S/C23H18O4/c1-2-26-23(25)16-9-7-15(8-10-16)21-12-11-19(27-21)14-18-13-17-5-3-4-6-20(17)22(18)24/h3-12,14H,2,13H2,1H3. The van der Waals surface area contributed by atoms with Crippen molar-refractivity contribution in [2.75, 3.05) is 6.61 Å². The molecule has 0 spiro atoms. The summed E-state index contributed by atoms with van der Waals surface area (Å²) in [6.07, 6.45) is 2.43. The first-order chi connectivity index (χ1) is 13.2. The maximum atomic E-state index is 12.5. The molecule has 0 N–H and O–H groups in total. The number of allylic oxidation sites excluding steroid dienone is 1. The van der Waals surface area contributed by atoms with Gasteiger partial charge in [0.1, 0.15) is 11.5 Å². The number of esters is 1. The summed E-state index contributed by atoms with van der Waals surface area (Å²) in [6.45, 7) is 2.12. The maximum Gasteiger partial charge on any atom is 0.338 e. The number of rotatable bonds is 4. The molecule has 1 aliphatic rings. The van der Waals surface area contributed by atoms with Crippen LogP contribution < -0.4 is 0 Å². The molecule has 0 aliphatic heterocycles. The largest absolute Gasteiger partial charge is 0.462 e. The highest BCUT2D eigenvalue weighted by molar-refractivity contribution is 6.15. The maximum absolute atomic E-state index is 12.5. The Morgan fingerprint density at radius 2 is 1.85 bits per heavy atom. The zero-order valence-electron chi connectivity index (χ0n) is 14.9. The van der Waals surface area contributed by atoms with Crippen molar-refractivity contribution in [2.24, 2.45) is 0 Å². The molecule has 0 amide bonds. The normalized spacial score (nSPS) is 14.4. The topological polar surface area (TPSA) is 56.5 Å². The van der Waals surface area contributed by atoms with E-state index in [1.54, 1.807) is 25.1 Å². The molecule has 134 valence electrons. The zero-order chi connectivity index (χ0) is 18.8. The fourth-order valence-electron chi connectivity index (χ4n) is 3.21. The fraction of sp³-hybridized carbons (Fsp3) is 0.130. The highest BCUT2D eigenvalue weighted by Gasteiger charge is 2.24. The van der Waals surface area contributed by atoms with Crippen LogP contribution in [0.2, 0.25) is 0 Å². The lowest BCUT2D eigenvalue weighted by molar-refractivity contribution is 0.0526. The molecule has 0 saturated heterocycles. The van der Waals surface area contributed by atoms with Crippen LogP contribution in [0, 0.1) is 0 Å². The van der Waals surface area contributed by atoms with E-state index in [0.717, 1.165) is 22.3 Å². The zero-order valence-corrected chi connectivity index (χ0v) is 14.9. The number of ketones is 1. The summed E-state index contributed by atoms with van der Waals surface area (Å²) in [7, 11) is 0. The number of hydrogen-bond donors (Lipinski definition) is 0. The molecular weight excluding hydrogens is 340 g/mol. The van der Waals surface area contributed by atoms with Crippen LogP contribution in [0.5, 0.6) is 0 Å². The van der Waals surface area contributed by atoms with Crippen molar-refractivity contribution in [1.29, 1.82) is 0 Å². The fourth-order valence-corrected chi connectivity index (χ4v) is 3.21. The van der Waals surface area contributed by atoms with E-state index in [4.69, 9.17) is 9.15 Å². The number of carbonyl (C=O) groups is 2. The molecule has 0 radical (unpaired) electrons. The summed E-state index contributed by atoms with van der Waals surface area (Å²) in [5.41, 5.74) is 3.91. The Balaban J connectivity index is 1.54. The number of furan rings is 1. The van der Waals surface area contributed by atoms with Gasteiger partial charge in [0.25, 0.3) is 0 Å². The molecule has 4 nitrogen and oxygen atoms in total. The molecule has 4 heteroatoms. The van der Waals surface area contributed by atoms with Crippen LogP contribution in [-0.4, -0.2) is 18.4 Å². The van der Waals surface area contributed by atoms with Crippen molar-refractivity contribution in [2.45, 2.75) is 13.3 Å². The van der Waals surface area contributed by atoms with Gasteiger partial charge in [0.05, 0.1) is 12.2 Å². The van der Waals surface area contributed by atoms with Gasteiger partial charge in [-0.2, -0.15) is 0 Å². The Hall–Kier alpha value is -3.40. The number of ether oxygens (including phenoxy) is 1. The third kappa shape index (κ3) is 3.34. The second-order valence-electron chi connectivity index (χ2n) is 6.33. The summed E-state index contributed by atoms with van der Waals surface area (Å²) in [5, 5.41) is 0. The minimum Gasteiger partial charge on any atom is -0.462 e. The molecule has 0 saturated carbocycles. The van der Waals surface area contributed by atoms with Crippen LogP contribution in [0.4, 0.5) is 0 Å². The number of carbonyl (C=O) groups excluding carboxylic acids is 2. The molecular formula is C23H18O4. The third-order valence-corrected chi connectivity index (χ3v) is 4.56. The van der Waals surface area contributed by atoms with Crippen LogP contribution in [-0.2, 0) is 11.2 Å². The van der Waals surface area contributed by atoms with Crippen molar-refractivity contribution >= 4 is 17.8 Å². The highest BCUT2D eigenvalue weighted by atomic mass is 16.5. The van der Waals surface area contributed by atoms with Gasteiger partial charge in [0.15, 0.2) is 5.78 Å². The van der Waals surface area contributed by atoms with E-state index in [9.17, 15) is 9.59 Å². The minimum absolute atomic E-state index is 0.0577. The van der Waals surface area contributed by atoms with E-state index in [1.165, 1.54) is 0 Å². The SMILES string of the molecule is CCOC(=O)c1ccc(-c2ccc(C=C3Cc4ccccc4C3=O)o2)cc1. The Bertz CT molecular complexity index is 1040. The molecule has 3 aromatic rings. The Kier molecular flexibility index (Phi) is 4.47. The van der Waals surface area contributed by atoms with Crippen molar-refractivity contribution in [3.05, 3.63) is 88.7 Å². The Morgan fingerprint density at radius 1 is 1.07 bits per heavy atom. The first-order valence-corrected chi connectivity index (χ1v) is 8.86. The van der Waals surface area contributed by atoms with Gasteiger partial charge < -0.3 is 9.15 Å². The Labute approximate surface area is 157 Å². The molecule has 1 heterocycles. The molecule has 0 atom stereocenters. The lowest BCUT2D eigenvalue weighted by Gasteiger charge is -2.02. The molecule has 0 fully saturated rings. The predicted molar refractivity (Wildman–Crippen MR) is 103 cm³/mol. The average Bonchev–Trinajstić information content (AvgIpc) is 3.28. The second kappa shape index (κ2) is 7.08. The first kappa shape index (κ1) is 17.0. The molecule has 4 rings (SSSR count). The van der Waals surface area contributed by atoms with Gasteiger partial charge in [-0.3, -0.25) is 4.79 Å². The summed E-state index contributed by atoms with van der Waals surface area (Å²) in [4.78, 5) is 24.2. The Morgan fingerprint density at radius 3 is 2.59 bits per heavy atom. The van der Waals surface area contributed by atoms with Crippen LogP contribution >= 0.6 is 0 Å². The van der Waals surface area contributed by atoms with Gasteiger partial charge in [-0.25, -0.2) is 4.79 Å². The molecule has 2 aromatic carbocycles. The van der Waals surface area contributed by atoms with Crippen LogP contribution in [0.15, 0.2) is 70.7 Å². The van der Waals surface area contributed by atoms with Crippen LogP contribution in [0.1, 0.15) is 39.0 Å². The van der Waals surface area contributed by atoms with Crippen molar-refractivity contribution in [3.8, 4) is 11.3 Å². The molecule has 27 heavy (non-hydrogen) atoms. The van der Waals surface area contributed by atoms with Gasteiger partial charge >= 0.3 is 5.97 Å². The van der Waals surface area contributed by atoms with Crippen molar-refractivity contribution in [1.82, 2.24) is 0 Å². The molecule has 1 aliphatic carbocycles. The summed E-state index contributed by atoms with van der Waals surface area (Å²) in [6, 6.07) is 18.4. The van der Waals surface area contributed by atoms with Crippen LogP contribution in [0.3, 0.4) is 0 Å². The van der Waals surface area contributed by atoms with Crippen molar-refractivity contribution < 1.29 is 18.7 Å². The van der Waals surface area contributed by atoms with Crippen LogP contribution in [0.25, 0.3) is 17.4 Å². The van der Waals surface area contributed by atoms with E-state index in [1.807, 2.05) is 48.5 Å². The molecule has 0 bridgehead atoms. The average molecular weight is 358 g/mol. The van der Waals surface area contributed by atoms with E-state index in [2.05, 4.69) is 0 Å². The smallest absolute Gasteiger partial charge is 0.338 e. The van der Waals surface area contributed by atoms with E-state index < -0.39 is 0 Å². The number of Topliss-reactive ketones (excluding diaryl/α,β-unsaturated/α-hetero) is 1. The number of fused-ring (bicyclic) bond motifs is 1. The lowest BCUT2D eigenvalue weighted by atomic mass is 10.1. The minimum atomic E-state index is -0.340.